The first-order valence-corrected chi connectivity index (χ1v) is 8.52. The highest BCUT2D eigenvalue weighted by atomic mass is 79.9. The predicted molar refractivity (Wildman–Crippen MR) is 94.2 cm³/mol. The number of benzene rings is 1. The number of carbonyl (C=O) groups is 1. The molecule has 1 aliphatic rings. The van der Waals surface area contributed by atoms with Gasteiger partial charge in [-0.1, -0.05) is 24.3 Å². The molecule has 0 unspecified atom stereocenters. The average Bonchev–Trinajstić information content (AvgIpc) is 3.01. The quantitative estimate of drug-likeness (QED) is 0.668. The highest BCUT2D eigenvalue weighted by Gasteiger charge is 2.42. The fraction of sp³-hybridized carbons (Fsp3) is 0.222. The molecule has 1 amide bonds. The lowest BCUT2D eigenvalue weighted by Gasteiger charge is -2.26. The standard InChI is InChI=1S/C18H16BrN3O2/c1-10-16(21-9-12(19)7-8-15(21)20-10)17-14-6-4-3-5-13(14)11(2)22(17)18(23)24/h3-9,11,17H,1-2H3,(H,23,24)/t11-,17-/m0/s1. The maximum atomic E-state index is 12.0. The Hall–Kier alpha value is -2.34. The van der Waals surface area contributed by atoms with Gasteiger partial charge in [0.05, 0.1) is 17.4 Å². The van der Waals surface area contributed by atoms with Crippen molar-refractivity contribution in [2.45, 2.75) is 25.9 Å². The molecule has 2 aromatic heterocycles. The number of rotatable bonds is 1. The van der Waals surface area contributed by atoms with Gasteiger partial charge >= 0.3 is 6.09 Å². The number of hydrogen-bond acceptors (Lipinski definition) is 2. The number of fused-ring (bicyclic) bond motifs is 2. The fourth-order valence-corrected chi connectivity index (χ4v) is 4.04. The van der Waals surface area contributed by atoms with Crippen LogP contribution in [0.3, 0.4) is 0 Å². The molecule has 6 heteroatoms. The summed E-state index contributed by atoms with van der Waals surface area (Å²) in [5, 5.41) is 9.83. The van der Waals surface area contributed by atoms with E-state index in [9.17, 15) is 9.90 Å². The summed E-state index contributed by atoms with van der Waals surface area (Å²) in [5.74, 6) is 0. The summed E-state index contributed by atoms with van der Waals surface area (Å²) in [6, 6.07) is 11.2. The van der Waals surface area contributed by atoms with Gasteiger partial charge in [0.15, 0.2) is 0 Å². The second-order valence-corrected chi connectivity index (χ2v) is 6.97. The lowest BCUT2D eigenvalue weighted by atomic mass is 10.00. The topological polar surface area (TPSA) is 57.8 Å². The van der Waals surface area contributed by atoms with Crippen molar-refractivity contribution in [2.24, 2.45) is 0 Å². The van der Waals surface area contributed by atoms with Crippen LogP contribution in [-0.2, 0) is 0 Å². The number of carboxylic acid groups (broad SMARTS) is 1. The molecule has 0 bridgehead atoms. The Morgan fingerprint density at radius 2 is 1.92 bits per heavy atom. The first-order valence-electron chi connectivity index (χ1n) is 7.73. The summed E-state index contributed by atoms with van der Waals surface area (Å²) in [5.41, 5.74) is 4.62. The van der Waals surface area contributed by atoms with Gasteiger partial charge in [-0.15, -0.1) is 0 Å². The second-order valence-electron chi connectivity index (χ2n) is 6.06. The molecule has 0 saturated carbocycles. The third-order valence-electron chi connectivity index (χ3n) is 4.72. The third-order valence-corrected chi connectivity index (χ3v) is 5.19. The molecule has 0 spiro atoms. The van der Waals surface area contributed by atoms with E-state index in [1.807, 2.05) is 60.8 Å². The van der Waals surface area contributed by atoms with Crippen molar-refractivity contribution in [3.05, 3.63) is 69.6 Å². The molecule has 0 saturated heterocycles. The molecule has 0 fully saturated rings. The van der Waals surface area contributed by atoms with Crippen LogP contribution in [0.2, 0.25) is 0 Å². The predicted octanol–water partition coefficient (Wildman–Crippen LogP) is 4.55. The van der Waals surface area contributed by atoms with Crippen LogP contribution in [0.4, 0.5) is 4.79 Å². The zero-order chi connectivity index (χ0) is 17.0. The number of hydrogen-bond donors (Lipinski definition) is 1. The third kappa shape index (κ3) is 2.06. The Balaban J connectivity index is 2.02. The maximum absolute atomic E-state index is 12.0. The number of nitrogens with zero attached hydrogens (tertiary/aromatic N) is 3. The van der Waals surface area contributed by atoms with Crippen LogP contribution in [0.25, 0.3) is 5.65 Å². The van der Waals surface area contributed by atoms with E-state index in [0.29, 0.717) is 0 Å². The minimum Gasteiger partial charge on any atom is -0.465 e. The molecule has 5 nitrogen and oxygen atoms in total. The summed E-state index contributed by atoms with van der Waals surface area (Å²) < 4.78 is 2.91. The number of imidazole rings is 1. The van der Waals surface area contributed by atoms with Crippen LogP contribution in [-0.4, -0.2) is 25.5 Å². The fourth-order valence-electron chi connectivity index (χ4n) is 3.70. The monoisotopic (exact) mass is 385 g/mol. The van der Waals surface area contributed by atoms with Crippen LogP contribution in [0.5, 0.6) is 0 Å². The summed E-state index contributed by atoms with van der Waals surface area (Å²) in [4.78, 5) is 18.1. The molecule has 1 N–H and O–H groups in total. The molecule has 3 heterocycles. The van der Waals surface area contributed by atoms with Crippen LogP contribution in [0.15, 0.2) is 47.1 Å². The van der Waals surface area contributed by atoms with Gasteiger partial charge in [-0.3, -0.25) is 4.90 Å². The molecule has 3 aromatic rings. The normalized spacial score (nSPS) is 19.7. The second kappa shape index (κ2) is 5.34. The van der Waals surface area contributed by atoms with Gasteiger partial charge in [0.2, 0.25) is 0 Å². The van der Waals surface area contributed by atoms with E-state index in [4.69, 9.17) is 0 Å². The summed E-state index contributed by atoms with van der Waals surface area (Å²) in [6.07, 6.45) is 1.02. The Morgan fingerprint density at radius 1 is 1.21 bits per heavy atom. The van der Waals surface area contributed by atoms with Crippen LogP contribution >= 0.6 is 15.9 Å². The number of aryl methyl sites for hydroxylation is 1. The molecule has 4 rings (SSSR count). The zero-order valence-electron chi connectivity index (χ0n) is 13.3. The van der Waals surface area contributed by atoms with Gasteiger partial charge in [-0.05, 0) is 53.0 Å². The molecule has 2 atom stereocenters. The van der Waals surface area contributed by atoms with E-state index in [-0.39, 0.29) is 12.1 Å². The van der Waals surface area contributed by atoms with E-state index in [1.54, 1.807) is 0 Å². The Morgan fingerprint density at radius 3 is 2.62 bits per heavy atom. The Labute approximate surface area is 147 Å². The lowest BCUT2D eigenvalue weighted by molar-refractivity contribution is 0.121. The summed E-state index contributed by atoms with van der Waals surface area (Å²) >= 11 is 3.49. The number of pyridine rings is 1. The van der Waals surface area contributed by atoms with Crippen molar-refractivity contribution in [1.29, 1.82) is 0 Å². The van der Waals surface area contributed by atoms with E-state index in [0.717, 1.165) is 32.6 Å². The Bertz CT molecular complexity index is 966. The van der Waals surface area contributed by atoms with Crippen molar-refractivity contribution in [2.75, 3.05) is 0 Å². The van der Waals surface area contributed by atoms with Crippen molar-refractivity contribution >= 4 is 27.7 Å². The molecule has 1 aliphatic heterocycles. The molecular formula is C18H16BrN3O2. The molecular weight excluding hydrogens is 370 g/mol. The largest absolute Gasteiger partial charge is 0.465 e. The van der Waals surface area contributed by atoms with E-state index in [1.165, 1.54) is 4.90 Å². The zero-order valence-corrected chi connectivity index (χ0v) is 14.9. The van der Waals surface area contributed by atoms with Gasteiger partial charge in [0.25, 0.3) is 0 Å². The highest BCUT2D eigenvalue weighted by molar-refractivity contribution is 9.10. The molecule has 24 heavy (non-hydrogen) atoms. The van der Waals surface area contributed by atoms with Crippen molar-refractivity contribution in [1.82, 2.24) is 14.3 Å². The SMILES string of the molecule is Cc1nc2ccc(Br)cn2c1[C@@H]1c2ccccc2[C@H](C)N1C(=O)O. The first kappa shape index (κ1) is 15.2. The summed E-state index contributed by atoms with van der Waals surface area (Å²) in [7, 11) is 0. The molecule has 122 valence electrons. The van der Waals surface area contributed by atoms with Crippen molar-refractivity contribution in [3.8, 4) is 0 Å². The van der Waals surface area contributed by atoms with Gasteiger partial charge in [0.1, 0.15) is 11.7 Å². The minimum absolute atomic E-state index is 0.194. The smallest absolute Gasteiger partial charge is 0.408 e. The first-order chi connectivity index (χ1) is 11.5. The molecule has 1 aromatic carbocycles. The molecule has 0 radical (unpaired) electrons. The van der Waals surface area contributed by atoms with Crippen molar-refractivity contribution in [3.63, 3.8) is 0 Å². The van der Waals surface area contributed by atoms with Gasteiger partial charge < -0.3 is 9.51 Å². The number of amides is 1. The van der Waals surface area contributed by atoms with E-state index >= 15 is 0 Å². The highest BCUT2D eigenvalue weighted by Crippen LogP contribution is 2.46. The van der Waals surface area contributed by atoms with E-state index in [2.05, 4.69) is 20.9 Å². The molecule has 0 aliphatic carbocycles. The summed E-state index contributed by atoms with van der Waals surface area (Å²) in [6.45, 7) is 3.86. The van der Waals surface area contributed by atoms with Crippen molar-refractivity contribution < 1.29 is 9.90 Å². The van der Waals surface area contributed by atoms with Crippen LogP contribution in [0, 0.1) is 6.92 Å². The average molecular weight is 386 g/mol. The minimum atomic E-state index is -0.923. The van der Waals surface area contributed by atoms with Gasteiger partial charge in [-0.2, -0.15) is 0 Å². The Kier molecular flexibility index (Phi) is 3.38. The number of halogens is 1. The number of aromatic nitrogens is 2. The van der Waals surface area contributed by atoms with Gasteiger partial charge in [-0.25, -0.2) is 9.78 Å². The van der Waals surface area contributed by atoms with Crippen LogP contribution in [0.1, 0.15) is 41.5 Å². The van der Waals surface area contributed by atoms with Gasteiger partial charge in [0, 0.05) is 10.7 Å². The lowest BCUT2D eigenvalue weighted by Crippen LogP contribution is -2.32. The van der Waals surface area contributed by atoms with E-state index < -0.39 is 6.09 Å². The maximum Gasteiger partial charge on any atom is 0.408 e. The van der Waals surface area contributed by atoms with Crippen LogP contribution < -0.4 is 0 Å².